The third kappa shape index (κ3) is 2.58. The first-order valence-electron chi connectivity index (χ1n) is 7.59. The molecule has 0 saturated carbocycles. The fourth-order valence-corrected chi connectivity index (χ4v) is 3.00. The summed E-state index contributed by atoms with van der Waals surface area (Å²) in [7, 11) is 1.78. The van der Waals surface area contributed by atoms with E-state index in [-0.39, 0.29) is 17.9 Å². The number of H-pyrrole nitrogens is 1. The highest BCUT2D eigenvalue weighted by Crippen LogP contribution is 2.22. The quantitative estimate of drug-likeness (QED) is 0.892. The normalized spacial score (nSPS) is 18.8. The van der Waals surface area contributed by atoms with E-state index in [0.717, 1.165) is 16.6 Å². The van der Waals surface area contributed by atoms with E-state index in [0.29, 0.717) is 24.9 Å². The van der Waals surface area contributed by atoms with E-state index >= 15 is 0 Å². The topological polar surface area (TPSA) is 65.2 Å². The second-order valence-corrected chi connectivity index (χ2v) is 6.12. The number of benzene rings is 1. The number of amides is 2. The second-order valence-electron chi connectivity index (χ2n) is 6.12. The molecule has 1 atom stereocenters. The van der Waals surface area contributed by atoms with Crippen LogP contribution in [0.1, 0.15) is 34.5 Å². The fourth-order valence-electron chi connectivity index (χ4n) is 3.00. The Morgan fingerprint density at radius 1 is 1.36 bits per heavy atom. The highest BCUT2D eigenvalue weighted by atomic mass is 16.2. The molecule has 22 heavy (non-hydrogen) atoms. The van der Waals surface area contributed by atoms with Crippen LogP contribution in [0.15, 0.2) is 18.2 Å². The molecule has 1 aromatic heterocycles. The molecule has 5 nitrogen and oxygen atoms in total. The Hall–Kier alpha value is -2.30. The van der Waals surface area contributed by atoms with E-state index in [2.05, 4.69) is 17.2 Å². The van der Waals surface area contributed by atoms with Crippen LogP contribution >= 0.6 is 0 Å². The molecule has 2 heterocycles. The molecule has 1 saturated heterocycles. The van der Waals surface area contributed by atoms with Crippen LogP contribution in [0, 0.1) is 13.8 Å². The van der Waals surface area contributed by atoms with Gasteiger partial charge in [-0.25, -0.2) is 0 Å². The van der Waals surface area contributed by atoms with Crippen molar-refractivity contribution in [3.63, 3.8) is 0 Å². The van der Waals surface area contributed by atoms with Gasteiger partial charge in [0, 0.05) is 48.2 Å². The van der Waals surface area contributed by atoms with Gasteiger partial charge in [-0.2, -0.15) is 0 Å². The summed E-state index contributed by atoms with van der Waals surface area (Å²) in [5.74, 6) is 0.0678. The molecule has 3 rings (SSSR count). The summed E-state index contributed by atoms with van der Waals surface area (Å²) in [5.41, 5.74) is 4.01. The number of likely N-dealkylation sites (N-methyl/N-ethyl adjacent to an activating group) is 1. The van der Waals surface area contributed by atoms with Crippen LogP contribution in [0.3, 0.4) is 0 Å². The lowest BCUT2D eigenvalue weighted by molar-refractivity contribution is -0.132. The molecule has 2 N–H and O–H groups in total. The number of aromatic amines is 1. The van der Waals surface area contributed by atoms with Gasteiger partial charge in [0.15, 0.2) is 0 Å². The van der Waals surface area contributed by atoms with E-state index < -0.39 is 0 Å². The highest BCUT2D eigenvalue weighted by molar-refractivity contribution is 5.99. The van der Waals surface area contributed by atoms with Crippen molar-refractivity contribution in [3.8, 4) is 0 Å². The minimum Gasteiger partial charge on any atom is -0.358 e. The van der Waals surface area contributed by atoms with Gasteiger partial charge in [0.25, 0.3) is 5.91 Å². The van der Waals surface area contributed by atoms with Crippen LogP contribution in [0.5, 0.6) is 0 Å². The number of carbonyl (C=O) groups is 2. The highest BCUT2D eigenvalue weighted by Gasteiger charge is 2.24. The average Bonchev–Trinajstić information content (AvgIpc) is 2.78. The number of aromatic nitrogens is 1. The zero-order chi connectivity index (χ0) is 15.9. The van der Waals surface area contributed by atoms with Crippen molar-refractivity contribution in [1.29, 1.82) is 0 Å². The van der Waals surface area contributed by atoms with Gasteiger partial charge < -0.3 is 15.2 Å². The van der Waals surface area contributed by atoms with Gasteiger partial charge in [0.1, 0.15) is 0 Å². The number of aryl methyl sites for hydroxylation is 2. The molecule has 1 aromatic carbocycles. The van der Waals surface area contributed by atoms with Crippen LogP contribution in [0.4, 0.5) is 0 Å². The minimum absolute atomic E-state index is 0.0277. The van der Waals surface area contributed by atoms with Gasteiger partial charge in [0.2, 0.25) is 5.91 Å². The number of fused-ring (bicyclic) bond motifs is 1. The molecule has 1 unspecified atom stereocenters. The molecule has 0 radical (unpaired) electrons. The molecule has 0 bridgehead atoms. The number of rotatable bonds is 2. The smallest absolute Gasteiger partial charge is 0.251 e. The Kier molecular flexibility index (Phi) is 3.64. The Balaban J connectivity index is 1.77. The van der Waals surface area contributed by atoms with E-state index in [9.17, 15) is 9.59 Å². The Morgan fingerprint density at radius 2 is 2.14 bits per heavy atom. The van der Waals surface area contributed by atoms with Gasteiger partial charge in [0.05, 0.1) is 0 Å². The molecule has 0 spiro atoms. The van der Waals surface area contributed by atoms with E-state index in [1.54, 1.807) is 11.9 Å². The summed E-state index contributed by atoms with van der Waals surface area (Å²) < 4.78 is 0. The van der Waals surface area contributed by atoms with Gasteiger partial charge in [-0.3, -0.25) is 9.59 Å². The Labute approximate surface area is 129 Å². The molecule has 2 aromatic rings. The molecule has 1 aliphatic rings. The maximum Gasteiger partial charge on any atom is 0.251 e. The zero-order valence-electron chi connectivity index (χ0n) is 13.2. The van der Waals surface area contributed by atoms with Crippen molar-refractivity contribution >= 4 is 22.7 Å². The molecule has 1 aliphatic heterocycles. The zero-order valence-corrected chi connectivity index (χ0v) is 13.2. The first-order chi connectivity index (χ1) is 10.5. The first-order valence-corrected chi connectivity index (χ1v) is 7.59. The molecular formula is C17H21N3O2. The van der Waals surface area contributed by atoms with E-state index in [1.165, 1.54) is 5.56 Å². The van der Waals surface area contributed by atoms with Crippen molar-refractivity contribution in [2.45, 2.75) is 32.7 Å². The number of nitrogens with one attached hydrogen (secondary N) is 2. The lowest BCUT2D eigenvalue weighted by atomic mass is 10.0. The van der Waals surface area contributed by atoms with Gasteiger partial charge in [-0.15, -0.1) is 0 Å². The fraction of sp³-hybridized carbons (Fsp3) is 0.412. The number of nitrogens with zero attached hydrogens (tertiary/aromatic N) is 1. The van der Waals surface area contributed by atoms with Crippen molar-refractivity contribution < 1.29 is 9.59 Å². The van der Waals surface area contributed by atoms with Crippen LogP contribution in [0.2, 0.25) is 0 Å². The second kappa shape index (κ2) is 5.48. The van der Waals surface area contributed by atoms with Crippen LogP contribution in [0.25, 0.3) is 10.9 Å². The summed E-state index contributed by atoms with van der Waals surface area (Å²) in [6.45, 7) is 4.66. The average molecular weight is 299 g/mol. The largest absolute Gasteiger partial charge is 0.358 e. The van der Waals surface area contributed by atoms with Crippen molar-refractivity contribution in [3.05, 3.63) is 35.0 Å². The number of piperidine rings is 1. The van der Waals surface area contributed by atoms with Gasteiger partial charge in [-0.05, 0) is 44.0 Å². The van der Waals surface area contributed by atoms with Crippen LogP contribution < -0.4 is 5.32 Å². The summed E-state index contributed by atoms with van der Waals surface area (Å²) in [5, 5.41) is 4.12. The molecule has 5 heteroatoms. The monoisotopic (exact) mass is 299 g/mol. The SMILES string of the molecule is Cc1[nH]c2ccc(C(=O)NC3CCC(=O)N(C)C3)cc2c1C. The van der Waals surface area contributed by atoms with Crippen molar-refractivity contribution in [2.75, 3.05) is 13.6 Å². The van der Waals surface area contributed by atoms with Gasteiger partial charge >= 0.3 is 0 Å². The summed E-state index contributed by atoms with van der Waals surface area (Å²) in [6.07, 6.45) is 1.20. The van der Waals surface area contributed by atoms with Crippen molar-refractivity contribution in [2.24, 2.45) is 0 Å². The number of hydrogen-bond donors (Lipinski definition) is 2. The maximum atomic E-state index is 12.4. The summed E-state index contributed by atoms with van der Waals surface area (Å²) in [4.78, 5) is 28.9. The van der Waals surface area contributed by atoms with Gasteiger partial charge in [-0.1, -0.05) is 0 Å². The van der Waals surface area contributed by atoms with E-state index in [4.69, 9.17) is 0 Å². The number of hydrogen-bond acceptors (Lipinski definition) is 2. The predicted octanol–water partition coefficient (Wildman–Crippen LogP) is 2.14. The van der Waals surface area contributed by atoms with Crippen LogP contribution in [-0.2, 0) is 4.79 Å². The third-order valence-corrected chi connectivity index (χ3v) is 4.53. The maximum absolute atomic E-state index is 12.4. The number of carbonyl (C=O) groups excluding carboxylic acids is 2. The molecule has 2 amide bonds. The lowest BCUT2D eigenvalue weighted by Gasteiger charge is -2.30. The standard InChI is InChI=1S/C17H21N3O2/c1-10-11(2)18-15-6-4-12(8-14(10)15)17(22)19-13-5-7-16(21)20(3)9-13/h4,6,8,13,18H,5,7,9H2,1-3H3,(H,19,22). The number of likely N-dealkylation sites (tertiary alicyclic amines) is 1. The lowest BCUT2D eigenvalue weighted by Crippen LogP contribution is -2.48. The van der Waals surface area contributed by atoms with Crippen molar-refractivity contribution in [1.82, 2.24) is 15.2 Å². The molecule has 0 aliphatic carbocycles. The first kappa shape index (κ1) is 14.6. The summed E-state index contributed by atoms with van der Waals surface area (Å²) >= 11 is 0. The Bertz CT molecular complexity index is 748. The molecular weight excluding hydrogens is 278 g/mol. The molecule has 116 valence electrons. The Morgan fingerprint density at radius 3 is 2.86 bits per heavy atom. The van der Waals surface area contributed by atoms with E-state index in [1.807, 2.05) is 25.1 Å². The predicted molar refractivity (Wildman–Crippen MR) is 85.9 cm³/mol. The third-order valence-electron chi connectivity index (χ3n) is 4.53. The minimum atomic E-state index is -0.0760. The van der Waals surface area contributed by atoms with Crippen LogP contribution in [-0.4, -0.2) is 41.3 Å². The molecule has 1 fully saturated rings. The summed E-state index contributed by atoms with van der Waals surface area (Å²) in [6, 6.07) is 5.74.